The monoisotopic (exact) mass is 429 g/mol. The van der Waals surface area contributed by atoms with Gasteiger partial charge in [0, 0.05) is 24.7 Å². The number of anilines is 1. The summed E-state index contributed by atoms with van der Waals surface area (Å²) in [5.74, 6) is -0.558. The molecule has 1 N–H and O–H groups in total. The van der Waals surface area contributed by atoms with Crippen molar-refractivity contribution in [2.75, 3.05) is 5.32 Å². The van der Waals surface area contributed by atoms with Crippen molar-refractivity contribution in [2.24, 2.45) is 4.99 Å². The zero-order valence-electron chi connectivity index (χ0n) is 17.5. The molecule has 0 bridgehead atoms. The van der Waals surface area contributed by atoms with Crippen molar-refractivity contribution in [3.8, 4) is 5.69 Å². The van der Waals surface area contributed by atoms with E-state index < -0.39 is 5.83 Å². The minimum absolute atomic E-state index is 0.335. The van der Waals surface area contributed by atoms with Crippen LogP contribution in [0.2, 0.25) is 0 Å². The fraction of sp³-hybridized carbons (Fsp3) is 0.0870. The van der Waals surface area contributed by atoms with Crippen LogP contribution in [0.3, 0.4) is 0 Å². The summed E-state index contributed by atoms with van der Waals surface area (Å²) in [6, 6.07) is 11.2. The van der Waals surface area contributed by atoms with Gasteiger partial charge < -0.3 is 5.32 Å². The number of fused-ring (bicyclic) bond motifs is 1. The number of rotatable bonds is 6. The predicted octanol–water partition coefficient (Wildman–Crippen LogP) is 4.39. The van der Waals surface area contributed by atoms with Gasteiger partial charge in [0.15, 0.2) is 5.65 Å². The number of allylic oxidation sites excluding steroid dienone is 2. The standard InChI is InChI=1S/C23H20FN7O/c1-15-5-7-18(8-6-15)31-21(11-20(29-31)16(2)12-25-13-17(3)24)28-23(32)19-14-27-30-10-4-9-26-22(19)30/h4-14H,3H2,1-2H3,(H,28,32). The van der Waals surface area contributed by atoms with E-state index in [0.29, 0.717) is 28.3 Å². The van der Waals surface area contributed by atoms with Crippen molar-refractivity contribution in [3.05, 3.63) is 90.4 Å². The van der Waals surface area contributed by atoms with Crippen LogP contribution in [0.1, 0.15) is 28.5 Å². The van der Waals surface area contributed by atoms with Gasteiger partial charge in [-0.25, -0.2) is 18.6 Å². The average Bonchev–Trinajstić information content (AvgIpc) is 3.38. The van der Waals surface area contributed by atoms with E-state index in [-0.39, 0.29) is 5.91 Å². The molecule has 0 unspecified atom stereocenters. The van der Waals surface area contributed by atoms with Gasteiger partial charge in [0.1, 0.15) is 17.2 Å². The third-order valence-electron chi connectivity index (χ3n) is 4.64. The molecule has 32 heavy (non-hydrogen) atoms. The van der Waals surface area contributed by atoms with Crippen molar-refractivity contribution in [1.82, 2.24) is 24.4 Å². The molecular formula is C23H20FN7O. The van der Waals surface area contributed by atoms with Gasteiger partial charge in [-0.1, -0.05) is 24.3 Å². The van der Waals surface area contributed by atoms with Crippen molar-refractivity contribution in [3.63, 3.8) is 0 Å². The second-order valence-electron chi connectivity index (χ2n) is 7.10. The van der Waals surface area contributed by atoms with E-state index in [4.69, 9.17) is 0 Å². The second kappa shape index (κ2) is 8.76. The minimum atomic E-state index is -0.644. The molecule has 0 saturated heterocycles. The lowest BCUT2D eigenvalue weighted by atomic mass is 10.2. The van der Waals surface area contributed by atoms with E-state index in [1.807, 2.05) is 31.2 Å². The summed E-state index contributed by atoms with van der Waals surface area (Å²) >= 11 is 0. The predicted molar refractivity (Wildman–Crippen MR) is 122 cm³/mol. The Kier molecular flexibility index (Phi) is 5.71. The van der Waals surface area contributed by atoms with Gasteiger partial charge in [-0.15, -0.1) is 0 Å². The van der Waals surface area contributed by atoms with Gasteiger partial charge in [-0.3, -0.25) is 9.79 Å². The Morgan fingerprint density at radius 2 is 2.06 bits per heavy atom. The lowest BCUT2D eigenvalue weighted by molar-refractivity contribution is 0.102. The van der Waals surface area contributed by atoms with Crippen LogP contribution in [0.4, 0.5) is 10.2 Å². The normalized spacial score (nSPS) is 11.9. The highest BCUT2D eigenvalue weighted by Gasteiger charge is 2.18. The second-order valence-corrected chi connectivity index (χ2v) is 7.10. The van der Waals surface area contributed by atoms with Gasteiger partial charge in [-0.2, -0.15) is 10.2 Å². The number of hydrogen-bond donors (Lipinski definition) is 1. The molecule has 9 heteroatoms. The lowest BCUT2D eigenvalue weighted by Gasteiger charge is -2.08. The molecule has 8 nitrogen and oxygen atoms in total. The fourth-order valence-electron chi connectivity index (χ4n) is 3.01. The van der Waals surface area contributed by atoms with Crippen LogP contribution in [0, 0.1) is 6.92 Å². The van der Waals surface area contributed by atoms with Crippen LogP contribution < -0.4 is 5.32 Å². The first-order valence-corrected chi connectivity index (χ1v) is 9.74. The van der Waals surface area contributed by atoms with E-state index in [0.717, 1.165) is 17.5 Å². The number of amides is 1. The number of hydrogen-bond acceptors (Lipinski definition) is 5. The van der Waals surface area contributed by atoms with Crippen molar-refractivity contribution >= 4 is 29.2 Å². The summed E-state index contributed by atoms with van der Waals surface area (Å²) < 4.78 is 16.0. The highest BCUT2D eigenvalue weighted by Crippen LogP contribution is 2.23. The van der Waals surface area contributed by atoms with E-state index in [2.05, 4.69) is 32.1 Å². The maximum atomic E-state index is 13.0. The average molecular weight is 429 g/mol. The third kappa shape index (κ3) is 4.36. The number of aliphatic imine (C=N–C) groups is 1. The van der Waals surface area contributed by atoms with Gasteiger partial charge in [0.25, 0.3) is 5.91 Å². The summed E-state index contributed by atoms with van der Waals surface area (Å²) in [5.41, 5.74) is 3.90. The molecule has 0 saturated carbocycles. The van der Waals surface area contributed by atoms with E-state index in [9.17, 15) is 9.18 Å². The minimum Gasteiger partial charge on any atom is -0.306 e. The number of nitrogens with one attached hydrogen (secondary N) is 1. The molecule has 0 spiro atoms. The molecule has 4 rings (SSSR count). The van der Waals surface area contributed by atoms with E-state index >= 15 is 0 Å². The molecular weight excluding hydrogens is 409 g/mol. The Morgan fingerprint density at radius 1 is 1.28 bits per heavy atom. The summed E-state index contributed by atoms with van der Waals surface area (Å²) in [6.07, 6.45) is 7.28. The van der Waals surface area contributed by atoms with Crippen LogP contribution in [-0.2, 0) is 0 Å². The smallest absolute Gasteiger partial charge is 0.262 e. The first-order valence-electron chi connectivity index (χ1n) is 9.74. The highest BCUT2D eigenvalue weighted by molar-refractivity contribution is 6.08. The fourth-order valence-corrected chi connectivity index (χ4v) is 3.01. The number of carbonyl (C=O) groups excluding carboxylic acids is 1. The van der Waals surface area contributed by atoms with Crippen LogP contribution in [0.15, 0.2) is 78.6 Å². The Hall–Kier alpha value is -4.40. The number of aryl methyl sites for hydroxylation is 1. The molecule has 1 aromatic carbocycles. The molecule has 0 aliphatic carbocycles. The number of nitrogens with zero attached hydrogens (tertiary/aromatic N) is 6. The molecule has 0 radical (unpaired) electrons. The SMILES string of the molecule is C=C(F)C=NC=C(C)c1cc(NC(=O)c2cnn3cccnc23)n(-c2ccc(C)cc2)n1. The van der Waals surface area contributed by atoms with Gasteiger partial charge in [-0.05, 0) is 37.6 Å². The lowest BCUT2D eigenvalue weighted by Crippen LogP contribution is -2.15. The summed E-state index contributed by atoms with van der Waals surface area (Å²) in [7, 11) is 0. The highest BCUT2D eigenvalue weighted by atomic mass is 19.1. The maximum absolute atomic E-state index is 13.0. The topological polar surface area (TPSA) is 89.5 Å². The van der Waals surface area contributed by atoms with Gasteiger partial charge >= 0.3 is 0 Å². The summed E-state index contributed by atoms with van der Waals surface area (Å²) in [4.78, 5) is 21.1. The van der Waals surface area contributed by atoms with Crippen LogP contribution >= 0.6 is 0 Å². The quantitative estimate of drug-likeness (QED) is 0.460. The number of benzene rings is 1. The largest absolute Gasteiger partial charge is 0.306 e. The molecule has 0 aliphatic heterocycles. The van der Waals surface area contributed by atoms with E-state index in [1.54, 1.807) is 36.1 Å². The molecule has 0 atom stereocenters. The van der Waals surface area contributed by atoms with Crippen LogP contribution in [-0.4, -0.2) is 36.5 Å². The van der Waals surface area contributed by atoms with E-state index in [1.165, 1.54) is 16.9 Å². The van der Waals surface area contributed by atoms with Crippen LogP contribution in [0.5, 0.6) is 0 Å². The molecule has 0 aliphatic rings. The van der Waals surface area contributed by atoms with Gasteiger partial charge in [0.2, 0.25) is 0 Å². The first kappa shape index (κ1) is 20.9. The van der Waals surface area contributed by atoms with Gasteiger partial charge in [0.05, 0.1) is 23.8 Å². The maximum Gasteiger partial charge on any atom is 0.262 e. The zero-order valence-corrected chi connectivity index (χ0v) is 17.5. The van der Waals surface area contributed by atoms with Crippen molar-refractivity contribution < 1.29 is 9.18 Å². The molecule has 3 heterocycles. The van der Waals surface area contributed by atoms with Crippen LogP contribution in [0.25, 0.3) is 16.9 Å². The summed E-state index contributed by atoms with van der Waals surface area (Å²) in [5, 5.41) is 11.7. The summed E-state index contributed by atoms with van der Waals surface area (Å²) in [6.45, 7) is 6.93. The molecule has 4 aromatic rings. The molecule has 160 valence electrons. The van der Waals surface area contributed by atoms with Crippen molar-refractivity contribution in [2.45, 2.75) is 13.8 Å². The number of halogens is 1. The molecule has 1 amide bonds. The molecule has 3 aromatic heterocycles. The Balaban J connectivity index is 1.72. The number of carbonyl (C=O) groups is 1. The number of aromatic nitrogens is 5. The Labute approximate surface area is 183 Å². The molecule has 0 fully saturated rings. The third-order valence-corrected chi connectivity index (χ3v) is 4.64. The Morgan fingerprint density at radius 3 is 2.81 bits per heavy atom. The zero-order chi connectivity index (χ0) is 22.7. The van der Waals surface area contributed by atoms with Crippen molar-refractivity contribution in [1.29, 1.82) is 0 Å². The Bertz CT molecular complexity index is 1360. The first-order chi connectivity index (χ1) is 15.4.